The molecule has 2 aromatic carbocycles. The molecule has 0 aliphatic carbocycles. The van der Waals surface area contributed by atoms with Gasteiger partial charge < -0.3 is 28.4 Å². The third-order valence-corrected chi connectivity index (χ3v) is 9.13. The zero-order valence-corrected chi connectivity index (χ0v) is 29.1. The van der Waals surface area contributed by atoms with Crippen LogP contribution in [0.2, 0.25) is 0 Å². The molecular formula is C35H38N4O6S2. The van der Waals surface area contributed by atoms with Crippen molar-refractivity contribution in [2.45, 2.75) is 19.5 Å². The van der Waals surface area contributed by atoms with Crippen molar-refractivity contribution in [3.8, 4) is 58.2 Å². The first-order chi connectivity index (χ1) is 23.0. The highest BCUT2D eigenvalue weighted by Gasteiger charge is 2.18. The van der Waals surface area contributed by atoms with Gasteiger partial charge in [-0.25, -0.2) is 9.97 Å². The summed E-state index contributed by atoms with van der Waals surface area (Å²) in [6, 6.07) is 7.35. The van der Waals surface area contributed by atoms with Gasteiger partial charge in [0, 0.05) is 48.1 Å². The number of benzene rings is 2. The monoisotopic (exact) mass is 674 g/mol. The van der Waals surface area contributed by atoms with E-state index in [-0.39, 0.29) is 0 Å². The van der Waals surface area contributed by atoms with Crippen molar-refractivity contribution in [2.75, 3.05) is 68.8 Å². The number of thiazole rings is 2. The summed E-state index contributed by atoms with van der Waals surface area (Å²) in [6.07, 6.45) is 1.08. The Morgan fingerprint density at radius 3 is 1.28 bits per heavy atom. The van der Waals surface area contributed by atoms with Crippen LogP contribution < -0.4 is 28.4 Å². The lowest BCUT2D eigenvalue weighted by Crippen LogP contribution is -2.30. The summed E-state index contributed by atoms with van der Waals surface area (Å²) in [5.74, 6) is 16.1. The molecule has 1 aliphatic rings. The molecule has 4 aromatic rings. The third kappa shape index (κ3) is 8.67. The maximum absolute atomic E-state index is 5.44. The molecule has 3 heterocycles. The van der Waals surface area contributed by atoms with Gasteiger partial charge in [-0.2, -0.15) is 0 Å². The number of nitrogens with zero attached hydrogens (tertiary/aromatic N) is 4. The van der Waals surface area contributed by atoms with Gasteiger partial charge in [0.05, 0.1) is 54.0 Å². The zero-order chi connectivity index (χ0) is 33.2. The standard InChI is InChI=1S/C35H38N4O6S2/c1-40-28-16-24(17-29(41-2)34(28)44-5)8-10-32-36-26(22-46-32)20-38-12-7-13-39(15-14-38)21-27-23-47-33(37-27)11-9-25-18-30(42-3)35(45-6)31(19-25)43-4/h16-19,22-23H,7,12-15,20-21H2,1-6H3. The van der Waals surface area contributed by atoms with Crippen LogP contribution in [0.15, 0.2) is 35.0 Å². The molecule has 0 saturated carbocycles. The topological polar surface area (TPSA) is 87.6 Å². The molecule has 0 N–H and O–H groups in total. The fourth-order valence-electron chi connectivity index (χ4n) is 5.23. The van der Waals surface area contributed by atoms with Crippen molar-refractivity contribution in [3.05, 3.63) is 67.6 Å². The van der Waals surface area contributed by atoms with Crippen LogP contribution in [0.1, 0.15) is 39.0 Å². The van der Waals surface area contributed by atoms with Crippen molar-refractivity contribution in [1.29, 1.82) is 0 Å². The van der Waals surface area contributed by atoms with Gasteiger partial charge in [-0.15, -0.1) is 22.7 Å². The van der Waals surface area contributed by atoms with E-state index in [1.165, 1.54) is 0 Å². The van der Waals surface area contributed by atoms with E-state index in [0.29, 0.717) is 34.5 Å². The predicted octanol–water partition coefficient (Wildman–Crippen LogP) is 5.16. The van der Waals surface area contributed by atoms with Crippen molar-refractivity contribution in [2.24, 2.45) is 0 Å². The normalized spacial score (nSPS) is 13.4. The van der Waals surface area contributed by atoms with E-state index in [1.54, 1.807) is 65.3 Å². The van der Waals surface area contributed by atoms with Gasteiger partial charge in [-0.05, 0) is 55.6 Å². The Hall–Kier alpha value is -4.46. The minimum absolute atomic E-state index is 0.544. The number of hydrogen-bond acceptors (Lipinski definition) is 12. The number of ether oxygens (including phenoxy) is 6. The fourth-order valence-corrected chi connectivity index (χ4v) is 6.54. The Balaban J connectivity index is 1.15. The van der Waals surface area contributed by atoms with Crippen LogP contribution in [-0.4, -0.2) is 88.6 Å². The number of methoxy groups -OCH3 is 6. The summed E-state index contributed by atoms with van der Waals surface area (Å²) >= 11 is 3.11. The average Bonchev–Trinajstić information content (AvgIpc) is 3.69. The lowest BCUT2D eigenvalue weighted by Gasteiger charge is -2.20. The lowest BCUT2D eigenvalue weighted by molar-refractivity contribution is 0.244. The molecule has 2 aromatic heterocycles. The second-order valence-electron chi connectivity index (χ2n) is 10.5. The Labute approximate surface area is 284 Å². The molecule has 0 bridgehead atoms. The number of hydrogen-bond donors (Lipinski definition) is 0. The summed E-state index contributed by atoms with van der Waals surface area (Å²) in [6.45, 7) is 5.55. The summed E-state index contributed by atoms with van der Waals surface area (Å²) < 4.78 is 32.6. The number of rotatable bonds is 10. The van der Waals surface area contributed by atoms with E-state index in [0.717, 1.165) is 78.2 Å². The van der Waals surface area contributed by atoms with Gasteiger partial charge in [0.15, 0.2) is 33.0 Å². The van der Waals surface area contributed by atoms with Crippen LogP contribution in [0, 0.1) is 23.7 Å². The van der Waals surface area contributed by atoms with E-state index in [9.17, 15) is 0 Å². The van der Waals surface area contributed by atoms with E-state index < -0.39 is 0 Å². The van der Waals surface area contributed by atoms with Crippen molar-refractivity contribution in [1.82, 2.24) is 19.8 Å². The first-order valence-electron chi connectivity index (χ1n) is 14.9. The van der Waals surface area contributed by atoms with Gasteiger partial charge >= 0.3 is 0 Å². The van der Waals surface area contributed by atoms with Crippen LogP contribution in [0.4, 0.5) is 0 Å². The summed E-state index contributed by atoms with van der Waals surface area (Å²) in [4.78, 5) is 14.5. The van der Waals surface area contributed by atoms with Gasteiger partial charge in [-0.3, -0.25) is 9.80 Å². The average molecular weight is 675 g/mol. The molecular weight excluding hydrogens is 637 g/mol. The van der Waals surface area contributed by atoms with E-state index in [1.807, 2.05) is 24.3 Å². The molecule has 12 heteroatoms. The van der Waals surface area contributed by atoms with Crippen LogP contribution in [0.3, 0.4) is 0 Å². The first kappa shape index (κ1) is 33.9. The van der Waals surface area contributed by atoms with Crippen LogP contribution >= 0.6 is 22.7 Å². The van der Waals surface area contributed by atoms with Crippen molar-refractivity contribution in [3.63, 3.8) is 0 Å². The van der Waals surface area contributed by atoms with Crippen LogP contribution in [0.5, 0.6) is 34.5 Å². The summed E-state index contributed by atoms with van der Waals surface area (Å²) in [5, 5.41) is 5.74. The smallest absolute Gasteiger partial charge is 0.203 e. The molecule has 0 atom stereocenters. The Morgan fingerprint density at radius 1 is 0.553 bits per heavy atom. The highest BCUT2D eigenvalue weighted by atomic mass is 32.1. The van der Waals surface area contributed by atoms with Crippen molar-refractivity contribution < 1.29 is 28.4 Å². The first-order valence-corrected chi connectivity index (χ1v) is 16.7. The molecule has 1 saturated heterocycles. The van der Waals surface area contributed by atoms with Gasteiger partial charge in [0.2, 0.25) is 11.5 Å². The van der Waals surface area contributed by atoms with E-state index in [2.05, 4.69) is 44.2 Å². The maximum atomic E-state index is 5.44. The number of aromatic nitrogens is 2. The molecule has 246 valence electrons. The Bertz CT molecular complexity index is 1620. The predicted molar refractivity (Wildman–Crippen MR) is 184 cm³/mol. The molecule has 47 heavy (non-hydrogen) atoms. The molecule has 10 nitrogen and oxygen atoms in total. The lowest BCUT2D eigenvalue weighted by atomic mass is 10.2. The van der Waals surface area contributed by atoms with Gasteiger partial charge in [0.25, 0.3) is 0 Å². The second kappa shape index (κ2) is 16.4. The zero-order valence-electron chi connectivity index (χ0n) is 27.5. The summed E-state index contributed by atoms with van der Waals surface area (Å²) in [5.41, 5.74) is 3.60. The largest absolute Gasteiger partial charge is 0.493 e. The van der Waals surface area contributed by atoms with Gasteiger partial charge in [0.1, 0.15) is 0 Å². The maximum Gasteiger partial charge on any atom is 0.203 e. The minimum atomic E-state index is 0.544. The van der Waals surface area contributed by atoms with Crippen LogP contribution in [-0.2, 0) is 13.1 Å². The van der Waals surface area contributed by atoms with E-state index >= 15 is 0 Å². The second-order valence-corrected chi connectivity index (χ2v) is 12.2. The van der Waals surface area contributed by atoms with Crippen LogP contribution in [0.25, 0.3) is 0 Å². The molecule has 0 unspecified atom stereocenters. The minimum Gasteiger partial charge on any atom is -0.493 e. The molecule has 0 spiro atoms. The van der Waals surface area contributed by atoms with Crippen molar-refractivity contribution >= 4 is 22.7 Å². The third-order valence-electron chi connectivity index (χ3n) is 7.51. The highest BCUT2D eigenvalue weighted by molar-refractivity contribution is 7.10. The molecule has 1 fully saturated rings. The summed E-state index contributed by atoms with van der Waals surface area (Å²) in [7, 11) is 9.54. The highest BCUT2D eigenvalue weighted by Crippen LogP contribution is 2.39. The fraction of sp³-hybridized carbons (Fsp3) is 0.371. The molecule has 1 aliphatic heterocycles. The molecule has 5 rings (SSSR count). The SMILES string of the molecule is COc1cc(C#Cc2nc(CN3CCCN(Cc4csc(C#Cc5cc(OC)c(OC)c(OC)c5)n4)CC3)cs2)cc(OC)c1OC. The van der Waals surface area contributed by atoms with Gasteiger partial charge in [-0.1, -0.05) is 11.8 Å². The molecule has 0 radical (unpaired) electrons. The Morgan fingerprint density at radius 2 is 0.936 bits per heavy atom. The Kier molecular flexibility index (Phi) is 11.8. The molecule has 0 amide bonds. The quantitative estimate of drug-likeness (QED) is 0.210. The van der Waals surface area contributed by atoms with E-state index in [4.69, 9.17) is 38.4 Å².